The first kappa shape index (κ1) is 23.8. The second kappa shape index (κ2) is 11.1. The first-order valence-electron chi connectivity index (χ1n) is 11.0. The first-order valence-corrected chi connectivity index (χ1v) is 11.0. The van der Waals surface area contributed by atoms with E-state index < -0.39 is 12.0 Å². The van der Waals surface area contributed by atoms with Gasteiger partial charge in [0.15, 0.2) is 0 Å². The quantitative estimate of drug-likeness (QED) is 0.380. The Morgan fingerprint density at radius 1 is 0.909 bits per heavy atom. The zero-order valence-electron chi connectivity index (χ0n) is 18.8. The van der Waals surface area contributed by atoms with Crippen LogP contribution >= 0.6 is 0 Å². The summed E-state index contributed by atoms with van der Waals surface area (Å²) in [7, 11) is 0. The number of carboxylic acids is 1. The predicted molar refractivity (Wildman–Crippen MR) is 129 cm³/mol. The molecule has 0 radical (unpaired) electrons. The molecule has 3 aromatic carbocycles. The largest absolute Gasteiger partial charge is 0.481 e. The lowest BCUT2D eigenvalue weighted by Gasteiger charge is -2.21. The van der Waals surface area contributed by atoms with E-state index in [1.165, 1.54) is 0 Å². The van der Waals surface area contributed by atoms with Gasteiger partial charge in [-0.3, -0.25) is 14.4 Å². The van der Waals surface area contributed by atoms with Gasteiger partial charge in [-0.25, -0.2) is 0 Å². The molecule has 7 heteroatoms. The molecule has 0 saturated heterocycles. The Hall–Kier alpha value is -3.87. The van der Waals surface area contributed by atoms with Crippen LogP contribution in [0.1, 0.15) is 36.2 Å². The van der Waals surface area contributed by atoms with Crippen LogP contribution < -0.4 is 16.0 Å². The van der Waals surface area contributed by atoms with Gasteiger partial charge in [0.1, 0.15) is 6.04 Å². The maximum absolute atomic E-state index is 12.9. The lowest BCUT2D eigenvalue weighted by Crippen LogP contribution is -2.43. The van der Waals surface area contributed by atoms with Crippen LogP contribution in [0.5, 0.6) is 0 Å². The zero-order valence-corrected chi connectivity index (χ0v) is 18.8. The third-order valence-electron chi connectivity index (χ3n) is 5.11. The molecular formula is C26H29N3O4. The van der Waals surface area contributed by atoms with Gasteiger partial charge in [0.05, 0.1) is 6.42 Å². The molecule has 33 heavy (non-hydrogen) atoms. The van der Waals surface area contributed by atoms with Crippen molar-refractivity contribution in [1.82, 2.24) is 10.6 Å². The highest BCUT2D eigenvalue weighted by molar-refractivity contribution is 5.95. The van der Waals surface area contributed by atoms with Crippen molar-refractivity contribution in [3.05, 3.63) is 77.9 Å². The van der Waals surface area contributed by atoms with Crippen molar-refractivity contribution in [3.8, 4) is 0 Å². The van der Waals surface area contributed by atoms with E-state index in [0.29, 0.717) is 17.7 Å². The second-order valence-corrected chi connectivity index (χ2v) is 8.22. The molecule has 172 valence electrons. The van der Waals surface area contributed by atoms with Gasteiger partial charge in [-0.1, -0.05) is 42.5 Å². The number of amides is 2. The summed E-state index contributed by atoms with van der Waals surface area (Å²) in [6.07, 6.45) is 0.369. The normalized spacial score (nSPS) is 11.7. The standard InChI is InChI=1S/C26H29N3O4/c1-17(2)28-26(33)23(16-18-7-8-19-5-3-4-6-21(19)15-18)29-22-11-9-20(10-12-22)25(32)27-14-13-24(30)31/h3-12,15,17,23,29H,13-14,16H2,1-2H3,(H,27,32)(H,28,33)(H,30,31). The first-order chi connectivity index (χ1) is 15.8. The molecule has 0 saturated carbocycles. The maximum atomic E-state index is 12.9. The summed E-state index contributed by atoms with van der Waals surface area (Å²) in [6, 6.07) is 20.6. The minimum absolute atomic E-state index is 0.00952. The average Bonchev–Trinajstić information content (AvgIpc) is 2.78. The van der Waals surface area contributed by atoms with Gasteiger partial charge in [-0.2, -0.15) is 0 Å². The molecule has 0 aliphatic rings. The molecule has 3 aromatic rings. The van der Waals surface area contributed by atoms with Gasteiger partial charge in [-0.15, -0.1) is 0 Å². The Balaban J connectivity index is 1.72. The van der Waals surface area contributed by atoms with Crippen LogP contribution in [0.4, 0.5) is 5.69 Å². The molecule has 0 heterocycles. The Kier molecular flexibility index (Phi) is 8.02. The van der Waals surface area contributed by atoms with Crippen LogP contribution in [-0.4, -0.2) is 41.5 Å². The predicted octanol–water partition coefficient (Wildman–Crippen LogP) is 3.59. The van der Waals surface area contributed by atoms with Crippen LogP contribution in [0.25, 0.3) is 10.8 Å². The number of fused-ring (bicyclic) bond motifs is 1. The van der Waals surface area contributed by atoms with E-state index in [0.717, 1.165) is 16.3 Å². The minimum Gasteiger partial charge on any atom is -0.481 e. The van der Waals surface area contributed by atoms with Crippen molar-refractivity contribution < 1.29 is 19.5 Å². The average molecular weight is 448 g/mol. The summed E-state index contributed by atoms with van der Waals surface area (Å²) >= 11 is 0. The van der Waals surface area contributed by atoms with Crippen molar-refractivity contribution >= 4 is 34.2 Å². The van der Waals surface area contributed by atoms with E-state index in [4.69, 9.17) is 5.11 Å². The number of carboxylic acid groups (broad SMARTS) is 1. The fraction of sp³-hybridized carbons (Fsp3) is 0.269. The highest BCUT2D eigenvalue weighted by Crippen LogP contribution is 2.19. The molecule has 0 aromatic heterocycles. The summed E-state index contributed by atoms with van der Waals surface area (Å²) in [6.45, 7) is 3.91. The van der Waals surface area contributed by atoms with Gasteiger partial charge in [0, 0.05) is 30.3 Å². The molecule has 4 N–H and O–H groups in total. The van der Waals surface area contributed by atoms with Crippen molar-refractivity contribution in [2.45, 2.75) is 38.8 Å². The van der Waals surface area contributed by atoms with Crippen molar-refractivity contribution in [1.29, 1.82) is 0 Å². The number of carbonyl (C=O) groups excluding carboxylic acids is 2. The summed E-state index contributed by atoms with van der Waals surface area (Å²) < 4.78 is 0. The van der Waals surface area contributed by atoms with E-state index >= 15 is 0 Å². The van der Waals surface area contributed by atoms with Crippen LogP contribution in [0.2, 0.25) is 0 Å². The van der Waals surface area contributed by atoms with Crippen molar-refractivity contribution in [2.24, 2.45) is 0 Å². The summed E-state index contributed by atoms with van der Waals surface area (Å²) in [5.41, 5.74) is 2.17. The number of anilines is 1. The second-order valence-electron chi connectivity index (χ2n) is 8.22. The Morgan fingerprint density at radius 3 is 2.27 bits per heavy atom. The van der Waals surface area contributed by atoms with E-state index in [1.54, 1.807) is 24.3 Å². The minimum atomic E-state index is -0.966. The fourth-order valence-electron chi connectivity index (χ4n) is 3.50. The van der Waals surface area contributed by atoms with Crippen molar-refractivity contribution in [3.63, 3.8) is 0 Å². The van der Waals surface area contributed by atoms with Crippen LogP contribution in [0.3, 0.4) is 0 Å². The number of hydrogen-bond acceptors (Lipinski definition) is 4. The molecule has 0 spiro atoms. The molecule has 1 unspecified atom stereocenters. The summed E-state index contributed by atoms with van der Waals surface area (Å²) in [5.74, 6) is -1.41. The molecule has 0 fully saturated rings. The molecule has 0 aliphatic heterocycles. The highest BCUT2D eigenvalue weighted by atomic mass is 16.4. The van der Waals surface area contributed by atoms with E-state index in [1.807, 2.05) is 32.0 Å². The molecule has 3 rings (SSSR count). The van der Waals surface area contributed by atoms with Gasteiger partial charge >= 0.3 is 5.97 Å². The van der Waals surface area contributed by atoms with Crippen LogP contribution in [0, 0.1) is 0 Å². The van der Waals surface area contributed by atoms with Crippen LogP contribution in [-0.2, 0) is 16.0 Å². The van der Waals surface area contributed by atoms with Gasteiger partial charge < -0.3 is 21.1 Å². The monoisotopic (exact) mass is 447 g/mol. The van der Waals surface area contributed by atoms with E-state index in [2.05, 4.69) is 40.2 Å². The lowest BCUT2D eigenvalue weighted by molar-refractivity contribution is -0.136. The summed E-state index contributed by atoms with van der Waals surface area (Å²) in [4.78, 5) is 35.6. The smallest absolute Gasteiger partial charge is 0.305 e. The van der Waals surface area contributed by atoms with Crippen molar-refractivity contribution in [2.75, 3.05) is 11.9 Å². The SMILES string of the molecule is CC(C)NC(=O)C(Cc1ccc2ccccc2c1)Nc1ccc(C(=O)NCCC(=O)O)cc1. The molecule has 2 amide bonds. The lowest BCUT2D eigenvalue weighted by atomic mass is 10.0. The third-order valence-corrected chi connectivity index (χ3v) is 5.11. The number of nitrogens with one attached hydrogen (secondary N) is 3. The van der Waals surface area contributed by atoms with E-state index in [9.17, 15) is 14.4 Å². The van der Waals surface area contributed by atoms with Crippen LogP contribution in [0.15, 0.2) is 66.7 Å². The number of hydrogen-bond donors (Lipinski definition) is 4. The zero-order chi connectivity index (χ0) is 23.8. The Bertz CT molecular complexity index is 1130. The third kappa shape index (κ3) is 7.07. The topological polar surface area (TPSA) is 108 Å². The highest BCUT2D eigenvalue weighted by Gasteiger charge is 2.20. The maximum Gasteiger partial charge on any atom is 0.305 e. The molecular weight excluding hydrogens is 418 g/mol. The summed E-state index contributed by atoms with van der Waals surface area (Å²) in [5, 5.41) is 19.8. The van der Waals surface area contributed by atoms with Gasteiger partial charge in [0.25, 0.3) is 5.91 Å². The number of carbonyl (C=O) groups is 3. The Labute approximate surface area is 193 Å². The molecule has 1 atom stereocenters. The molecule has 7 nitrogen and oxygen atoms in total. The fourth-order valence-corrected chi connectivity index (χ4v) is 3.50. The Morgan fingerprint density at radius 2 is 1.61 bits per heavy atom. The van der Waals surface area contributed by atoms with Gasteiger partial charge in [0.2, 0.25) is 5.91 Å². The molecule has 0 aliphatic carbocycles. The van der Waals surface area contributed by atoms with E-state index in [-0.39, 0.29) is 30.8 Å². The number of aliphatic carboxylic acids is 1. The number of benzene rings is 3. The van der Waals surface area contributed by atoms with Gasteiger partial charge in [-0.05, 0) is 54.4 Å². The number of rotatable bonds is 10. The molecule has 0 bridgehead atoms.